The van der Waals surface area contributed by atoms with E-state index in [1.807, 2.05) is 0 Å². The summed E-state index contributed by atoms with van der Waals surface area (Å²) < 4.78 is 26.1. The fourth-order valence-electron chi connectivity index (χ4n) is 2.36. The number of nitrogens with zero attached hydrogens (tertiary/aromatic N) is 1. The lowest BCUT2D eigenvalue weighted by Crippen LogP contribution is -2.43. The maximum Gasteiger partial charge on any atom is 0.238 e. The first-order chi connectivity index (χ1) is 10.0. The van der Waals surface area contributed by atoms with E-state index in [1.54, 1.807) is 30.3 Å². The van der Waals surface area contributed by atoms with Crippen LogP contribution in [0, 0.1) is 0 Å². The molecular weight excluding hydrogens is 292 g/mol. The molecule has 1 aromatic rings. The van der Waals surface area contributed by atoms with Gasteiger partial charge < -0.3 is 9.69 Å². The number of aldehydes is 1. The van der Waals surface area contributed by atoms with Crippen molar-refractivity contribution in [2.24, 2.45) is 0 Å². The van der Waals surface area contributed by atoms with Crippen molar-refractivity contribution in [3.8, 4) is 0 Å². The van der Waals surface area contributed by atoms with Crippen molar-refractivity contribution in [3.05, 3.63) is 35.9 Å². The molecule has 2 rings (SSSR count). The standard InChI is InChI=1S/C14H18N2O4S/c17-10-13-7-4-8-16(13)14(18)9-15-21(19,20)11-12-5-2-1-3-6-12/h1-3,5-6,10,13,15H,4,7-9,11H2/t13-/m0/s1. The smallest absolute Gasteiger partial charge is 0.238 e. The van der Waals surface area contributed by atoms with Crippen LogP contribution in [0.1, 0.15) is 18.4 Å². The van der Waals surface area contributed by atoms with Gasteiger partial charge in [0.15, 0.2) is 0 Å². The van der Waals surface area contributed by atoms with E-state index in [-0.39, 0.29) is 18.2 Å². The normalized spacial score (nSPS) is 18.7. The van der Waals surface area contributed by atoms with Gasteiger partial charge in [0.1, 0.15) is 6.29 Å². The molecule has 1 N–H and O–H groups in total. The Kier molecular flexibility index (Phi) is 5.08. The zero-order chi connectivity index (χ0) is 15.3. The second-order valence-corrected chi connectivity index (χ2v) is 6.81. The summed E-state index contributed by atoms with van der Waals surface area (Å²) in [5.41, 5.74) is 0.657. The van der Waals surface area contributed by atoms with E-state index in [1.165, 1.54) is 4.90 Å². The first-order valence-corrected chi connectivity index (χ1v) is 8.43. The molecule has 0 aliphatic carbocycles. The minimum atomic E-state index is -3.57. The van der Waals surface area contributed by atoms with Crippen LogP contribution in [0.4, 0.5) is 0 Å². The third-order valence-corrected chi connectivity index (χ3v) is 4.72. The maximum atomic E-state index is 12.0. The molecule has 1 aliphatic rings. The number of sulfonamides is 1. The van der Waals surface area contributed by atoms with Gasteiger partial charge in [-0.1, -0.05) is 30.3 Å². The molecule has 0 bridgehead atoms. The second kappa shape index (κ2) is 6.82. The molecule has 21 heavy (non-hydrogen) atoms. The molecule has 1 aromatic carbocycles. The summed E-state index contributed by atoms with van der Waals surface area (Å²) >= 11 is 0. The SMILES string of the molecule is O=C[C@@H]1CCCN1C(=O)CNS(=O)(=O)Cc1ccccc1. The molecule has 1 heterocycles. The molecule has 6 nitrogen and oxygen atoms in total. The number of rotatable bonds is 6. The van der Waals surface area contributed by atoms with Gasteiger partial charge in [-0.05, 0) is 18.4 Å². The average Bonchev–Trinajstić information content (AvgIpc) is 2.94. The number of nitrogens with one attached hydrogen (secondary N) is 1. The van der Waals surface area contributed by atoms with Crippen LogP contribution >= 0.6 is 0 Å². The number of hydrogen-bond donors (Lipinski definition) is 1. The van der Waals surface area contributed by atoms with Crippen LogP contribution in [0.3, 0.4) is 0 Å². The fraction of sp³-hybridized carbons (Fsp3) is 0.429. The minimum Gasteiger partial charge on any atom is -0.332 e. The Hall–Kier alpha value is -1.73. The molecule has 7 heteroatoms. The Labute approximate surface area is 124 Å². The van der Waals surface area contributed by atoms with Crippen molar-refractivity contribution in [2.45, 2.75) is 24.6 Å². The molecule has 0 radical (unpaired) electrons. The Bertz CT molecular complexity index is 601. The first-order valence-electron chi connectivity index (χ1n) is 6.78. The summed E-state index contributed by atoms with van der Waals surface area (Å²) in [5.74, 6) is -0.528. The van der Waals surface area contributed by atoms with Gasteiger partial charge in [-0.2, -0.15) is 0 Å². The lowest BCUT2D eigenvalue weighted by molar-refractivity contribution is -0.133. The predicted octanol–water partition coefficient (Wildman–Crippen LogP) is 0.296. The summed E-state index contributed by atoms with van der Waals surface area (Å²) in [6.45, 7) is 0.197. The number of carbonyl (C=O) groups excluding carboxylic acids is 2. The Morgan fingerprint density at radius 3 is 2.71 bits per heavy atom. The highest BCUT2D eigenvalue weighted by molar-refractivity contribution is 7.88. The van der Waals surface area contributed by atoms with Gasteiger partial charge in [-0.25, -0.2) is 13.1 Å². The van der Waals surface area contributed by atoms with Gasteiger partial charge in [0.2, 0.25) is 15.9 Å². The quantitative estimate of drug-likeness (QED) is 0.766. The monoisotopic (exact) mass is 310 g/mol. The minimum absolute atomic E-state index is 0.168. The van der Waals surface area contributed by atoms with Gasteiger partial charge in [-0.15, -0.1) is 0 Å². The summed E-state index contributed by atoms with van der Waals surface area (Å²) in [4.78, 5) is 24.2. The zero-order valence-electron chi connectivity index (χ0n) is 11.6. The van der Waals surface area contributed by atoms with Crippen molar-refractivity contribution >= 4 is 22.2 Å². The number of benzene rings is 1. The van der Waals surface area contributed by atoms with Crippen LogP contribution in [-0.2, 0) is 25.4 Å². The molecule has 1 saturated heterocycles. The van der Waals surface area contributed by atoms with Gasteiger partial charge >= 0.3 is 0 Å². The highest BCUT2D eigenvalue weighted by atomic mass is 32.2. The van der Waals surface area contributed by atoms with E-state index in [9.17, 15) is 18.0 Å². The van der Waals surface area contributed by atoms with Gasteiger partial charge in [0, 0.05) is 6.54 Å². The van der Waals surface area contributed by atoms with Crippen LogP contribution in [0.5, 0.6) is 0 Å². The van der Waals surface area contributed by atoms with Crippen molar-refractivity contribution in [1.29, 1.82) is 0 Å². The molecule has 0 aromatic heterocycles. The zero-order valence-corrected chi connectivity index (χ0v) is 12.4. The third kappa shape index (κ3) is 4.37. The van der Waals surface area contributed by atoms with Gasteiger partial charge in [0.25, 0.3) is 0 Å². The van der Waals surface area contributed by atoms with Crippen molar-refractivity contribution in [3.63, 3.8) is 0 Å². The molecule has 0 unspecified atom stereocenters. The highest BCUT2D eigenvalue weighted by Gasteiger charge is 2.28. The fourth-order valence-corrected chi connectivity index (χ4v) is 3.44. The van der Waals surface area contributed by atoms with E-state index < -0.39 is 16.1 Å². The molecule has 1 atom stereocenters. The van der Waals surface area contributed by atoms with Gasteiger partial charge in [-0.3, -0.25) is 4.79 Å². The predicted molar refractivity (Wildman–Crippen MR) is 77.9 cm³/mol. The van der Waals surface area contributed by atoms with Crippen LogP contribution < -0.4 is 4.72 Å². The van der Waals surface area contributed by atoms with Crippen LogP contribution in [0.25, 0.3) is 0 Å². The Balaban J connectivity index is 1.89. The van der Waals surface area contributed by atoms with E-state index in [2.05, 4.69) is 4.72 Å². The van der Waals surface area contributed by atoms with E-state index in [0.29, 0.717) is 18.5 Å². The summed E-state index contributed by atoms with van der Waals surface area (Å²) in [6.07, 6.45) is 2.15. The lowest BCUT2D eigenvalue weighted by atomic mass is 10.2. The second-order valence-electron chi connectivity index (χ2n) is 5.00. The summed E-state index contributed by atoms with van der Waals surface area (Å²) in [5, 5.41) is 0. The van der Waals surface area contributed by atoms with E-state index in [4.69, 9.17) is 0 Å². The first kappa shape index (κ1) is 15.7. The van der Waals surface area contributed by atoms with Crippen LogP contribution in [0.2, 0.25) is 0 Å². The van der Waals surface area contributed by atoms with Crippen molar-refractivity contribution in [1.82, 2.24) is 9.62 Å². The van der Waals surface area contributed by atoms with Crippen molar-refractivity contribution in [2.75, 3.05) is 13.1 Å². The third-order valence-electron chi connectivity index (χ3n) is 3.42. The summed E-state index contributed by atoms with van der Waals surface area (Å²) in [7, 11) is -3.57. The number of amides is 1. The number of hydrogen-bond acceptors (Lipinski definition) is 4. The van der Waals surface area contributed by atoms with Crippen molar-refractivity contribution < 1.29 is 18.0 Å². The van der Waals surface area contributed by atoms with E-state index >= 15 is 0 Å². The number of likely N-dealkylation sites (tertiary alicyclic amines) is 1. The maximum absolute atomic E-state index is 12.0. The number of carbonyl (C=O) groups is 2. The molecule has 0 spiro atoms. The Morgan fingerprint density at radius 2 is 2.05 bits per heavy atom. The lowest BCUT2D eigenvalue weighted by Gasteiger charge is -2.20. The molecule has 1 fully saturated rings. The molecule has 1 amide bonds. The molecular formula is C14H18N2O4S. The summed E-state index contributed by atoms with van der Waals surface area (Å²) in [6, 6.07) is 8.33. The molecule has 114 valence electrons. The highest BCUT2D eigenvalue weighted by Crippen LogP contribution is 2.15. The topological polar surface area (TPSA) is 83.6 Å². The van der Waals surface area contributed by atoms with Crippen LogP contribution in [-0.4, -0.2) is 44.6 Å². The van der Waals surface area contributed by atoms with Gasteiger partial charge in [0.05, 0.1) is 18.3 Å². The molecule has 1 aliphatic heterocycles. The largest absolute Gasteiger partial charge is 0.332 e. The van der Waals surface area contributed by atoms with Crippen LogP contribution in [0.15, 0.2) is 30.3 Å². The van der Waals surface area contributed by atoms with E-state index in [0.717, 1.165) is 12.7 Å². The Morgan fingerprint density at radius 1 is 1.33 bits per heavy atom. The average molecular weight is 310 g/mol. The molecule has 0 saturated carbocycles.